The van der Waals surface area contributed by atoms with Crippen molar-refractivity contribution in [3.05, 3.63) is 74.4 Å². The van der Waals surface area contributed by atoms with Crippen LogP contribution in [0.4, 0.5) is 11.5 Å². The maximum atomic E-state index is 12.5. The van der Waals surface area contributed by atoms with Crippen LogP contribution in [0.2, 0.25) is 0 Å². The number of rotatable bonds is 7. The maximum Gasteiger partial charge on any atom is 0.269 e. The minimum atomic E-state index is -0.460. The topological polar surface area (TPSA) is 99.3 Å². The molecular weight excluding hydrogens is 440 g/mol. The largest absolute Gasteiger partial charge is 0.496 e. The van der Waals surface area contributed by atoms with E-state index < -0.39 is 4.92 Å². The smallest absolute Gasteiger partial charge is 0.269 e. The van der Waals surface area contributed by atoms with Crippen molar-refractivity contribution in [3.63, 3.8) is 0 Å². The van der Waals surface area contributed by atoms with Crippen LogP contribution in [-0.2, 0) is 11.2 Å². The van der Waals surface area contributed by atoms with Crippen molar-refractivity contribution in [2.24, 2.45) is 0 Å². The number of aromatic nitrogens is 2. The Balaban J connectivity index is 1.69. The van der Waals surface area contributed by atoms with E-state index in [1.165, 1.54) is 12.1 Å². The van der Waals surface area contributed by atoms with Gasteiger partial charge in [0.15, 0.2) is 0 Å². The van der Waals surface area contributed by atoms with Crippen molar-refractivity contribution in [2.75, 3.05) is 12.4 Å². The summed E-state index contributed by atoms with van der Waals surface area (Å²) in [5.41, 5.74) is 2.34. The molecule has 0 aliphatic rings. The number of nitrogens with zero attached hydrogens (tertiary/aromatic N) is 3. The zero-order valence-corrected chi connectivity index (χ0v) is 17.5. The number of amides is 1. The van der Waals surface area contributed by atoms with Crippen molar-refractivity contribution in [1.29, 1.82) is 0 Å². The van der Waals surface area contributed by atoms with E-state index in [0.29, 0.717) is 24.3 Å². The second-order valence-corrected chi connectivity index (χ2v) is 7.23. The molecule has 0 unspecified atom stereocenters. The van der Waals surface area contributed by atoms with Crippen LogP contribution in [0.3, 0.4) is 0 Å². The van der Waals surface area contributed by atoms with E-state index in [4.69, 9.17) is 4.74 Å². The Kier molecular flexibility index (Phi) is 6.28. The molecule has 8 nitrogen and oxygen atoms in total. The van der Waals surface area contributed by atoms with Crippen LogP contribution in [0.5, 0.6) is 5.75 Å². The van der Waals surface area contributed by atoms with Gasteiger partial charge in [-0.25, -0.2) is 4.68 Å². The quantitative estimate of drug-likeness (QED) is 0.416. The van der Waals surface area contributed by atoms with Crippen molar-refractivity contribution >= 4 is 33.3 Å². The van der Waals surface area contributed by atoms with Gasteiger partial charge in [0, 0.05) is 24.6 Å². The van der Waals surface area contributed by atoms with E-state index in [-0.39, 0.29) is 11.6 Å². The van der Waals surface area contributed by atoms with E-state index in [1.807, 2.05) is 25.1 Å². The molecule has 1 aromatic heterocycles. The van der Waals surface area contributed by atoms with Gasteiger partial charge in [0.25, 0.3) is 5.69 Å². The van der Waals surface area contributed by atoms with Gasteiger partial charge in [-0.3, -0.25) is 14.9 Å². The van der Waals surface area contributed by atoms with Crippen LogP contribution in [0.1, 0.15) is 17.7 Å². The first kappa shape index (κ1) is 20.5. The highest BCUT2D eigenvalue weighted by atomic mass is 79.9. The molecule has 0 saturated heterocycles. The molecular formula is C20H19BrN4O4. The molecule has 3 aromatic rings. The summed E-state index contributed by atoms with van der Waals surface area (Å²) in [5.74, 6) is 1.10. The molecule has 9 heteroatoms. The van der Waals surface area contributed by atoms with Crippen LogP contribution < -0.4 is 10.1 Å². The highest BCUT2D eigenvalue weighted by Crippen LogP contribution is 2.26. The maximum absolute atomic E-state index is 12.5. The number of nitro benzene ring substituents is 1. The summed E-state index contributed by atoms with van der Waals surface area (Å²) in [6, 6.07) is 13.4. The predicted octanol–water partition coefficient (Wildman–Crippen LogP) is 4.43. The fourth-order valence-electron chi connectivity index (χ4n) is 2.83. The Morgan fingerprint density at radius 2 is 1.97 bits per heavy atom. The first-order valence-corrected chi connectivity index (χ1v) is 9.60. The molecule has 0 bridgehead atoms. The Hall–Kier alpha value is -3.20. The number of aryl methyl sites for hydroxylation is 2. The molecule has 150 valence electrons. The number of hydrogen-bond donors (Lipinski definition) is 1. The van der Waals surface area contributed by atoms with Gasteiger partial charge in [0.05, 0.1) is 27.9 Å². The number of anilines is 1. The van der Waals surface area contributed by atoms with E-state index >= 15 is 0 Å². The average molecular weight is 459 g/mol. The highest BCUT2D eigenvalue weighted by Gasteiger charge is 2.13. The molecule has 0 spiro atoms. The third kappa shape index (κ3) is 5.00. The molecule has 0 fully saturated rings. The van der Waals surface area contributed by atoms with Gasteiger partial charge in [-0.1, -0.05) is 6.07 Å². The first-order chi connectivity index (χ1) is 13.9. The number of halogens is 1. The lowest BCUT2D eigenvalue weighted by molar-refractivity contribution is -0.384. The van der Waals surface area contributed by atoms with Crippen LogP contribution in [0.15, 0.2) is 53.0 Å². The number of nitrogens with one attached hydrogen (secondary N) is 1. The highest BCUT2D eigenvalue weighted by molar-refractivity contribution is 9.10. The molecule has 2 aromatic carbocycles. The number of hydrogen-bond acceptors (Lipinski definition) is 5. The summed E-state index contributed by atoms with van der Waals surface area (Å²) in [4.78, 5) is 22.8. The number of carbonyl (C=O) groups excluding carboxylic acids is 1. The zero-order valence-electron chi connectivity index (χ0n) is 15.9. The third-order valence-electron chi connectivity index (χ3n) is 4.26. The fourth-order valence-corrected chi connectivity index (χ4v) is 3.42. The number of carbonyl (C=O) groups is 1. The second kappa shape index (κ2) is 8.87. The summed E-state index contributed by atoms with van der Waals surface area (Å²) < 4.78 is 7.60. The standard InChI is InChI=1S/C20H19BrN4O4/c1-13-11-19(24(23-13)15-5-7-16(8-6-15)25(27)28)22-20(26)10-4-14-3-9-18(29-2)17(21)12-14/h3,5-9,11-12H,4,10H2,1-2H3,(H,22,26). The number of benzene rings is 2. The Morgan fingerprint density at radius 3 is 2.59 bits per heavy atom. The molecule has 0 atom stereocenters. The molecule has 0 aliphatic carbocycles. The number of non-ortho nitro benzene ring substituents is 1. The first-order valence-electron chi connectivity index (χ1n) is 8.81. The number of ether oxygens (including phenoxy) is 1. The summed E-state index contributed by atoms with van der Waals surface area (Å²) in [5, 5.41) is 18.1. The molecule has 1 heterocycles. The SMILES string of the molecule is COc1ccc(CCC(=O)Nc2cc(C)nn2-c2ccc([N+](=O)[O-])cc2)cc1Br. The lowest BCUT2D eigenvalue weighted by atomic mass is 10.1. The second-order valence-electron chi connectivity index (χ2n) is 6.37. The fraction of sp³-hybridized carbons (Fsp3) is 0.200. The lowest BCUT2D eigenvalue weighted by Gasteiger charge is -2.09. The van der Waals surface area contributed by atoms with Crippen molar-refractivity contribution in [3.8, 4) is 11.4 Å². The van der Waals surface area contributed by atoms with Gasteiger partial charge in [0.1, 0.15) is 11.6 Å². The van der Waals surface area contributed by atoms with E-state index in [2.05, 4.69) is 26.3 Å². The molecule has 1 N–H and O–H groups in total. The van der Waals surface area contributed by atoms with Crippen LogP contribution >= 0.6 is 15.9 Å². The van der Waals surface area contributed by atoms with Crippen LogP contribution in [0, 0.1) is 17.0 Å². The predicted molar refractivity (Wildman–Crippen MR) is 113 cm³/mol. The van der Waals surface area contributed by atoms with Gasteiger partial charge >= 0.3 is 0 Å². The number of methoxy groups -OCH3 is 1. The van der Waals surface area contributed by atoms with Crippen molar-refractivity contribution < 1.29 is 14.5 Å². The normalized spacial score (nSPS) is 10.6. The molecule has 0 saturated carbocycles. The number of nitro groups is 1. The molecule has 29 heavy (non-hydrogen) atoms. The monoisotopic (exact) mass is 458 g/mol. The molecule has 1 amide bonds. The summed E-state index contributed by atoms with van der Waals surface area (Å²) in [6.45, 7) is 1.81. The van der Waals surface area contributed by atoms with E-state index in [1.54, 1.807) is 30.0 Å². The van der Waals surface area contributed by atoms with Crippen LogP contribution in [0.25, 0.3) is 5.69 Å². The Labute approximate surface area is 175 Å². The van der Waals surface area contributed by atoms with Crippen molar-refractivity contribution in [2.45, 2.75) is 19.8 Å². The average Bonchev–Trinajstić information content (AvgIpc) is 3.06. The van der Waals surface area contributed by atoms with Crippen LogP contribution in [-0.4, -0.2) is 27.7 Å². The molecule has 0 radical (unpaired) electrons. The van der Waals surface area contributed by atoms with Gasteiger partial charge in [0.2, 0.25) is 5.91 Å². The lowest BCUT2D eigenvalue weighted by Crippen LogP contribution is -2.15. The van der Waals surface area contributed by atoms with Gasteiger partial charge in [-0.05, 0) is 59.1 Å². The molecule has 3 rings (SSSR count). The summed E-state index contributed by atoms with van der Waals surface area (Å²) >= 11 is 3.44. The minimum Gasteiger partial charge on any atom is -0.496 e. The van der Waals surface area contributed by atoms with E-state index in [0.717, 1.165) is 21.5 Å². The van der Waals surface area contributed by atoms with Gasteiger partial charge in [-0.2, -0.15) is 5.10 Å². The van der Waals surface area contributed by atoms with Crippen molar-refractivity contribution in [1.82, 2.24) is 9.78 Å². The Morgan fingerprint density at radius 1 is 1.24 bits per heavy atom. The van der Waals surface area contributed by atoms with Gasteiger partial charge in [-0.15, -0.1) is 0 Å². The van der Waals surface area contributed by atoms with Gasteiger partial charge < -0.3 is 10.1 Å². The zero-order chi connectivity index (χ0) is 21.0. The molecule has 0 aliphatic heterocycles. The summed E-state index contributed by atoms with van der Waals surface area (Å²) in [7, 11) is 1.60. The Bertz CT molecular complexity index is 1050. The minimum absolute atomic E-state index is 0.00568. The van der Waals surface area contributed by atoms with E-state index in [9.17, 15) is 14.9 Å². The summed E-state index contributed by atoms with van der Waals surface area (Å²) in [6.07, 6.45) is 0.863. The third-order valence-corrected chi connectivity index (χ3v) is 4.88.